The number of nitrogens with zero attached hydrogens (tertiary/aromatic N) is 2. The fourth-order valence-electron chi connectivity index (χ4n) is 1.91. The molecule has 5 nitrogen and oxygen atoms in total. The Kier molecular flexibility index (Phi) is 5.72. The first-order valence-corrected chi connectivity index (χ1v) is 7.55. The molecule has 0 saturated carbocycles. The van der Waals surface area contributed by atoms with Gasteiger partial charge in [-0.05, 0) is 50.1 Å². The van der Waals surface area contributed by atoms with Crippen molar-refractivity contribution in [1.82, 2.24) is 15.5 Å². The summed E-state index contributed by atoms with van der Waals surface area (Å²) in [7, 11) is 0. The lowest BCUT2D eigenvalue weighted by Crippen LogP contribution is -2.30. The van der Waals surface area contributed by atoms with Crippen LogP contribution in [0.3, 0.4) is 0 Å². The van der Waals surface area contributed by atoms with Gasteiger partial charge in [0, 0.05) is 17.6 Å². The highest BCUT2D eigenvalue weighted by molar-refractivity contribution is 6.30. The molecule has 22 heavy (non-hydrogen) atoms. The van der Waals surface area contributed by atoms with Crippen LogP contribution in [-0.2, 0) is 6.42 Å². The maximum absolute atomic E-state index is 11.8. The standard InChI is InChI=1S/C16H19ClN4O/c1-11(2)19-16(22)14-6-7-15(21-20-14)18-9-8-12-4-3-5-13(17)10-12/h3-7,10-11H,8-9H2,1-2H3,(H,18,21)(H,19,22). The normalized spacial score (nSPS) is 10.5. The minimum Gasteiger partial charge on any atom is -0.368 e. The Bertz CT molecular complexity index is 628. The van der Waals surface area contributed by atoms with Gasteiger partial charge in [-0.2, -0.15) is 0 Å². The second kappa shape index (κ2) is 7.75. The minimum absolute atomic E-state index is 0.0739. The molecule has 0 atom stereocenters. The molecule has 1 aromatic carbocycles. The summed E-state index contributed by atoms with van der Waals surface area (Å²) in [6, 6.07) is 11.2. The van der Waals surface area contributed by atoms with E-state index in [4.69, 9.17) is 11.6 Å². The van der Waals surface area contributed by atoms with Crippen molar-refractivity contribution < 1.29 is 4.79 Å². The lowest BCUT2D eigenvalue weighted by molar-refractivity contribution is 0.0937. The Morgan fingerprint density at radius 3 is 2.68 bits per heavy atom. The topological polar surface area (TPSA) is 66.9 Å². The van der Waals surface area contributed by atoms with E-state index in [0.29, 0.717) is 18.1 Å². The quantitative estimate of drug-likeness (QED) is 0.859. The molecule has 0 radical (unpaired) electrons. The van der Waals surface area contributed by atoms with Crippen molar-refractivity contribution in [2.75, 3.05) is 11.9 Å². The van der Waals surface area contributed by atoms with Gasteiger partial charge in [0.05, 0.1) is 0 Å². The summed E-state index contributed by atoms with van der Waals surface area (Å²) in [5, 5.41) is 14.6. The van der Waals surface area contributed by atoms with Crippen LogP contribution < -0.4 is 10.6 Å². The van der Waals surface area contributed by atoms with Crippen molar-refractivity contribution in [1.29, 1.82) is 0 Å². The number of halogens is 1. The lowest BCUT2D eigenvalue weighted by atomic mass is 10.1. The van der Waals surface area contributed by atoms with Crippen LogP contribution in [0.1, 0.15) is 29.9 Å². The van der Waals surface area contributed by atoms with E-state index in [-0.39, 0.29) is 11.9 Å². The van der Waals surface area contributed by atoms with Gasteiger partial charge in [0.1, 0.15) is 5.82 Å². The summed E-state index contributed by atoms with van der Waals surface area (Å²) in [5.74, 6) is 0.427. The number of carbonyl (C=O) groups is 1. The number of amides is 1. The Hall–Kier alpha value is -2.14. The molecule has 2 N–H and O–H groups in total. The molecule has 0 unspecified atom stereocenters. The summed E-state index contributed by atoms with van der Waals surface area (Å²) < 4.78 is 0. The van der Waals surface area contributed by atoms with E-state index in [1.54, 1.807) is 12.1 Å². The van der Waals surface area contributed by atoms with Crippen LogP contribution in [0.15, 0.2) is 36.4 Å². The summed E-state index contributed by atoms with van der Waals surface area (Å²) in [5.41, 5.74) is 1.47. The van der Waals surface area contributed by atoms with E-state index in [1.165, 1.54) is 0 Å². The Morgan fingerprint density at radius 1 is 1.23 bits per heavy atom. The van der Waals surface area contributed by atoms with E-state index < -0.39 is 0 Å². The number of anilines is 1. The number of rotatable bonds is 6. The van der Waals surface area contributed by atoms with Crippen LogP contribution in [0.25, 0.3) is 0 Å². The lowest BCUT2D eigenvalue weighted by Gasteiger charge is -2.08. The third-order valence-corrected chi connectivity index (χ3v) is 3.16. The molecular formula is C16H19ClN4O. The number of carbonyl (C=O) groups excluding carboxylic acids is 1. The van der Waals surface area contributed by atoms with Crippen molar-refractivity contribution >= 4 is 23.3 Å². The molecule has 116 valence electrons. The van der Waals surface area contributed by atoms with Crippen molar-refractivity contribution in [3.63, 3.8) is 0 Å². The first kappa shape index (κ1) is 16.2. The van der Waals surface area contributed by atoms with Crippen molar-refractivity contribution in [3.05, 3.63) is 52.7 Å². The molecular weight excluding hydrogens is 300 g/mol. The van der Waals surface area contributed by atoms with Gasteiger partial charge in [-0.1, -0.05) is 23.7 Å². The van der Waals surface area contributed by atoms with E-state index in [1.807, 2.05) is 38.1 Å². The highest BCUT2D eigenvalue weighted by Gasteiger charge is 2.08. The van der Waals surface area contributed by atoms with Crippen LogP contribution in [0.2, 0.25) is 5.02 Å². The van der Waals surface area contributed by atoms with Crippen LogP contribution in [0, 0.1) is 0 Å². The largest absolute Gasteiger partial charge is 0.368 e. The van der Waals surface area contributed by atoms with Gasteiger partial charge in [0.15, 0.2) is 5.69 Å². The molecule has 2 aromatic rings. The van der Waals surface area contributed by atoms with E-state index in [2.05, 4.69) is 20.8 Å². The van der Waals surface area contributed by atoms with E-state index in [9.17, 15) is 4.79 Å². The zero-order valence-corrected chi connectivity index (χ0v) is 13.4. The fourth-order valence-corrected chi connectivity index (χ4v) is 2.12. The molecule has 6 heteroatoms. The van der Waals surface area contributed by atoms with Crippen LogP contribution in [0.5, 0.6) is 0 Å². The second-order valence-corrected chi connectivity index (χ2v) is 5.68. The average molecular weight is 319 g/mol. The van der Waals surface area contributed by atoms with E-state index >= 15 is 0 Å². The predicted octanol–water partition coefficient (Wildman–Crippen LogP) is 2.92. The maximum Gasteiger partial charge on any atom is 0.271 e. The molecule has 1 heterocycles. The monoisotopic (exact) mass is 318 g/mol. The van der Waals surface area contributed by atoms with Gasteiger partial charge in [-0.15, -0.1) is 10.2 Å². The molecule has 1 aromatic heterocycles. The second-order valence-electron chi connectivity index (χ2n) is 5.24. The predicted molar refractivity (Wildman–Crippen MR) is 88.3 cm³/mol. The van der Waals surface area contributed by atoms with Gasteiger partial charge in [0.2, 0.25) is 0 Å². The highest BCUT2D eigenvalue weighted by Crippen LogP contribution is 2.11. The molecule has 0 aliphatic carbocycles. The summed E-state index contributed by atoms with van der Waals surface area (Å²) in [4.78, 5) is 11.8. The highest BCUT2D eigenvalue weighted by atomic mass is 35.5. The zero-order chi connectivity index (χ0) is 15.9. The molecule has 0 aliphatic heterocycles. The molecule has 1 amide bonds. The van der Waals surface area contributed by atoms with Gasteiger partial charge >= 0.3 is 0 Å². The first-order chi connectivity index (χ1) is 10.5. The average Bonchev–Trinajstić information content (AvgIpc) is 2.47. The van der Waals surface area contributed by atoms with Crippen molar-refractivity contribution in [2.45, 2.75) is 26.3 Å². The van der Waals surface area contributed by atoms with Crippen molar-refractivity contribution in [2.24, 2.45) is 0 Å². The number of hydrogen-bond donors (Lipinski definition) is 2. The van der Waals surface area contributed by atoms with Crippen LogP contribution in [0.4, 0.5) is 5.82 Å². The number of nitrogens with one attached hydrogen (secondary N) is 2. The Balaban J connectivity index is 1.85. The zero-order valence-electron chi connectivity index (χ0n) is 12.6. The summed E-state index contributed by atoms with van der Waals surface area (Å²) in [6.07, 6.45) is 0.831. The van der Waals surface area contributed by atoms with Crippen LogP contribution >= 0.6 is 11.6 Å². The summed E-state index contributed by atoms with van der Waals surface area (Å²) >= 11 is 5.94. The van der Waals surface area contributed by atoms with Gasteiger partial charge in [-0.3, -0.25) is 4.79 Å². The third-order valence-electron chi connectivity index (χ3n) is 2.93. The molecule has 0 spiro atoms. The van der Waals surface area contributed by atoms with Gasteiger partial charge in [0.25, 0.3) is 5.91 Å². The van der Waals surface area contributed by atoms with Crippen LogP contribution in [-0.4, -0.2) is 28.7 Å². The molecule has 2 rings (SSSR count). The SMILES string of the molecule is CC(C)NC(=O)c1ccc(NCCc2cccc(Cl)c2)nn1. The van der Waals surface area contributed by atoms with E-state index in [0.717, 1.165) is 17.0 Å². The Morgan fingerprint density at radius 2 is 2.05 bits per heavy atom. The smallest absolute Gasteiger partial charge is 0.271 e. The third kappa shape index (κ3) is 5.00. The first-order valence-electron chi connectivity index (χ1n) is 7.17. The number of benzene rings is 1. The number of aromatic nitrogens is 2. The molecule has 0 aliphatic rings. The maximum atomic E-state index is 11.8. The van der Waals surface area contributed by atoms with Crippen molar-refractivity contribution in [3.8, 4) is 0 Å². The molecule has 0 fully saturated rings. The molecule has 0 bridgehead atoms. The minimum atomic E-state index is -0.215. The summed E-state index contributed by atoms with van der Waals surface area (Å²) in [6.45, 7) is 4.51. The van der Waals surface area contributed by atoms with Gasteiger partial charge in [-0.25, -0.2) is 0 Å². The van der Waals surface area contributed by atoms with Gasteiger partial charge < -0.3 is 10.6 Å². The molecule has 0 saturated heterocycles. The fraction of sp³-hybridized carbons (Fsp3) is 0.312. The number of hydrogen-bond acceptors (Lipinski definition) is 4. The Labute approximate surface area is 135 Å².